The van der Waals surface area contributed by atoms with E-state index in [0.29, 0.717) is 20.7 Å². The van der Waals surface area contributed by atoms with E-state index in [9.17, 15) is 4.79 Å². The molecule has 0 heterocycles. The topological polar surface area (TPSA) is 55.1 Å². The van der Waals surface area contributed by atoms with Gasteiger partial charge in [-0.25, -0.2) is 0 Å². The molecule has 0 aliphatic heterocycles. The number of carbonyl (C=O) groups is 1. The molecule has 0 radical (unpaired) electrons. The van der Waals surface area contributed by atoms with Crippen LogP contribution in [0.3, 0.4) is 0 Å². The molecule has 0 aliphatic carbocycles. The van der Waals surface area contributed by atoms with Crippen LogP contribution in [0.25, 0.3) is 0 Å². The van der Waals surface area contributed by atoms with E-state index in [1.807, 2.05) is 0 Å². The van der Waals surface area contributed by atoms with E-state index in [1.165, 1.54) is 6.07 Å². The zero-order valence-corrected chi connectivity index (χ0v) is 9.24. The summed E-state index contributed by atoms with van der Waals surface area (Å²) in [6.07, 6.45) is 0. The second-order valence-corrected chi connectivity index (χ2v) is 3.69. The summed E-state index contributed by atoms with van der Waals surface area (Å²) >= 11 is 8.99. The number of hydrogen-bond acceptors (Lipinski definition) is 2. The van der Waals surface area contributed by atoms with Crippen LogP contribution in [0, 0.1) is 0 Å². The van der Waals surface area contributed by atoms with Gasteiger partial charge in [0.15, 0.2) is 0 Å². The molecule has 13 heavy (non-hydrogen) atoms. The van der Waals surface area contributed by atoms with Crippen LogP contribution in [0.2, 0.25) is 5.02 Å². The van der Waals surface area contributed by atoms with Crippen molar-refractivity contribution in [3.63, 3.8) is 0 Å². The summed E-state index contributed by atoms with van der Waals surface area (Å²) in [5, 5.41) is 2.98. The van der Waals surface area contributed by atoms with Crippen molar-refractivity contribution in [2.75, 3.05) is 12.8 Å². The van der Waals surface area contributed by atoms with Crippen LogP contribution in [-0.4, -0.2) is 13.0 Å². The fourth-order valence-electron chi connectivity index (χ4n) is 0.894. The van der Waals surface area contributed by atoms with Gasteiger partial charge >= 0.3 is 0 Å². The molecule has 0 atom stereocenters. The highest BCUT2D eigenvalue weighted by molar-refractivity contribution is 9.10. The third-order valence-corrected chi connectivity index (χ3v) is 2.76. The normalized spacial score (nSPS) is 9.77. The summed E-state index contributed by atoms with van der Waals surface area (Å²) in [4.78, 5) is 11.2. The Balaban J connectivity index is 3.23. The van der Waals surface area contributed by atoms with Crippen molar-refractivity contribution in [2.24, 2.45) is 0 Å². The van der Waals surface area contributed by atoms with Gasteiger partial charge in [-0.3, -0.25) is 4.79 Å². The van der Waals surface area contributed by atoms with Crippen LogP contribution in [0.4, 0.5) is 5.69 Å². The molecule has 1 aromatic carbocycles. The Morgan fingerprint density at radius 2 is 2.23 bits per heavy atom. The van der Waals surface area contributed by atoms with Crippen LogP contribution in [0.15, 0.2) is 16.6 Å². The highest BCUT2D eigenvalue weighted by atomic mass is 79.9. The van der Waals surface area contributed by atoms with Gasteiger partial charge in [0, 0.05) is 17.2 Å². The van der Waals surface area contributed by atoms with Crippen molar-refractivity contribution in [3.05, 3.63) is 27.2 Å². The maximum absolute atomic E-state index is 11.2. The number of anilines is 1. The van der Waals surface area contributed by atoms with Gasteiger partial charge in [-0.2, -0.15) is 0 Å². The molecular formula is C8H8BrClN2O. The lowest BCUT2D eigenvalue weighted by Crippen LogP contribution is -2.19. The van der Waals surface area contributed by atoms with Crippen molar-refractivity contribution in [1.82, 2.24) is 5.32 Å². The number of hydrogen-bond donors (Lipinski definition) is 2. The third kappa shape index (κ3) is 2.14. The molecule has 70 valence electrons. The molecule has 0 aromatic heterocycles. The van der Waals surface area contributed by atoms with Crippen LogP contribution in [0.1, 0.15) is 10.4 Å². The number of amides is 1. The predicted molar refractivity (Wildman–Crippen MR) is 57.0 cm³/mol. The second kappa shape index (κ2) is 3.98. The zero-order valence-electron chi connectivity index (χ0n) is 6.90. The Hall–Kier alpha value is -0.740. The Labute approximate surface area is 89.4 Å². The fraction of sp³-hybridized carbons (Fsp3) is 0.125. The molecule has 0 spiro atoms. The third-order valence-electron chi connectivity index (χ3n) is 1.56. The number of benzene rings is 1. The predicted octanol–water partition coefficient (Wildman–Crippen LogP) is 2.04. The highest BCUT2D eigenvalue weighted by Crippen LogP contribution is 2.27. The molecule has 5 heteroatoms. The lowest BCUT2D eigenvalue weighted by atomic mass is 10.2. The van der Waals surface area contributed by atoms with Gasteiger partial charge in [0.2, 0.25) is 0 Å². The molecule has 3 N–H and O–H groups in total. The summed E-state index contributed by atoms with van der Waals surface area (Å²) in [6.45, 7) is 0. The standard InChI is InChI=1S/C8H8BrClN2O/c1-12-8(13)4-2-5(9)6(10)3-7(4)11/h2-3H,11H2,1H3,(H,12,13). The summed E-state index contributed by atoms with van der Waals surface area (Å²) < 4.78 is 0.655. The summed E-state index contributed by atoms with van der Waals surface area (Å²) in [5.74, 6) is -0.227. The Bertz CT molecular complexity index is 354. The van der Waals surface area contributed by atoms with Gasteiger partial charge in [0.05, 0.1) is 10.6 Å². The number of rotatable bonds is 1. The number of nitrogens with two attached hydrogens (primary N) is 1. The summed E-state index contributed by atoms with van der Waals surface area (Å²) in [6, 6.07) is 3.13. The first-order valence-corrected chi connectivity index (χ1v) is 4.70. The van der Waals surface area contributed by atoms with Crippen molar-refractivity contribution in [1.29, 1.82) is 0 Å². The van der Waals surface area contributed by atoms with E-state index in [-0.39, 0.29) is 5.91 Å². The SMILES string of the molecule is CNC(=O)c1cc(Br)c(Cl)cc1N. The van der Waals surface area contributed by atoms with E-state index < -0.39 is 0 Å². The average molecular weight is 264 g/mol. The molecule has 1 rings (SSSR count). The maximum atomic E-state index is 11.2. The summed E-state index contributed by atoms with van der Waals surface area (Å²) in [7, 11) is 1.55. The highest BCUT2D eigenvalue weighted by Gasteiger charge is 2.10. The van der Waals surface area contributed by atoms with Gasteiger partial charge in [0.25, 0.3) is 5.91 Å². The molecule has 1 amide bonds. The zero-order chi connectivity index (χ0) is 10.0. The molecule has 0 saturated carbocycles. The Morgan fingerprint density at radius 3 is 2.77 bits per heavy atom. The lowest BCUT2D eigenvalue weighted by Gasteiger charge is -2.05. The molecule has 0 bridgehead atoms. The number of carbonyl (C=O) groups excluding carboxylic acids is 1. The van der Waals surface area contributed by atoms with Crippen LogP contribution < -0.4 is 11.1 Å². The quantitative estimate of drug-likeness (QED) is 0.762. The Morgan fingerprint density at radius 1 is 1.62 bits per heavy atom. The van der Waals surface area contributed by atoms with E-state index >= 15 is 0 Å². The van der Waals surface area contributed by atoms with Crippen molar-refractivity contribution in [3.8, 4) is 0 Å². The minimum Gasteiger partial charge on any atom is -0.398 e. The van der Waals surface area contributed by atoms with Gasteiger partial charge in [-0.1, -0.05) is 11.6 Å². The van der Waals surface area contributed by atoms with Gasteiger partial charge in [-0.15, -0.1) is 0 Å². The largest absolute Gasteiger partial charge is 0.398 e. The van der Waals surface area contributed by atoms with E-state index in [2.05, 4.69) is 21.2 Å². The first-order chi connectivity index (χ1) is 6.06. The van der Waals surface area contributed by atoms with Crippen LogP contribution >= 0.6 is 27.5 Å². The van der Waals surface area contributed by atoms with Gasteiger partial charge in [-0.05, 0) is 28.1 Å². The monoisotopic (exact) mass is 262 g/mol. The Kier molecular flexibility index (Phi) is 3.17. The average Bonchev–Trinajstić information content (AvgIpc) is 2.10. The number of nitrogens with one attached hydrogen (secondary N) is 1. The van der Waals surface area contributed by atoms with E-state index in [4.69, 9.17) is 17.3 Å². The maximum Gasteiger partial charge on any atom is 0.253 e. The lowest BCUT2D eigenvalue weighted by molar-refractivity contribution is 0.0964. The second-order valence-electron chi connectivity index (χ2n) is 2.43. The fourth-order valence-corrected chi connectivity index (χ4v) is 1.41. The molecule has 1 aromatic rings. The molecule has 3 nitrogen and oxygen atoms in total. The van der Waals surface area contributed by atoms with Crippen LogP contribution in [-0.2, 0) is 0 Å². The molecular weight excluding hydrogens is 255 g/mol. The summed E-state index contributed by atoms with van der Waals surface area (Å²) in [5.41, 5.74) is 6.38. The van der Waals surface area contributed by atoms with E-state index in [1.54, 1.807) is 13.1 Å². The number of halogens is 2. The smallest absolute Gasteiger partial charge is 0.253 e. The van der Waals surface area contributed by atoms with Crippen molar-refractivity contribution >= 4 is 39.1 Å². The van der Waals surface area contributed by atoms with Crippen LogP contribution in [0.5, 0.6) is 0 Å². The van der Waals surface area contributed by atoms with Gasteiger partial charge in [0.1, 0.15) is 0 Å². The first kappa shape index (κ1) is 10.3. The molecule has 0 aliphatic rings. The minimum absolute atomic E-state index is 0.227. The minimum atomic E-state index is -0.227. The van der Waals surface area contributed by atoms with Crippen molar-refractivity contribution < 1.29 is 4.79 Å². The molecule has 0 saturated heterocycles. The molecule has 0 unspecified atom stereocenters. The van der Waals surface area contributed by atoms with E-state index in [0.717, 1.165) is 0 Å². The molecule has 0 fully saturated rings. The van der Waals surface area contributed by atoms with Gasteiger partial charge < -0.3 is 11.1 Å². The number of nitrogen functional groups attached to an aromatic ring is 1. The van der Waals surface area contributed by atoms with Crippen molar-refractivity contribution in [2.45, 2.75) is 0 Å². The first-order valence-electron chi connectivity index (χ1n) is 3.53.